The minimum Gasteiger partial charge on any atom is -0.144 e. The van der Waals surface area contributed by atoms with Crippen LogP contribution in [-0.4, -0.2) is 3.92 Å². The van der Waals surface area contributed by atoms with Gasteiger partial charge in [-0.25, -0.2) is 0 Å². The summed E-state index contributed by atoms with van der Waals surface area (Å²) < 4.78 is 2.11. The fourth-order valence-corrected chi connectivity index (χ4v) is 2.75. The summed E-state index contributed by atoms with van der Waals surface area (Å²) in [7, 11) is 0. The Bertz CT molecular complexity index is 403. The minimum absolute atomic E-state index is 0.716. The van der Waals surface area contributed by atoms with Crippen LogP contribution >= 0.6 is 33.9 Å². The molecule has 2 heteroatoms. The largest absolute Gasteiger partial charge is 0.144 e. The summed E-state index contributed by atoms with van der Waals surface area (Å²) in [4.78, 5) is 0. The first kappa shape index (κ1) is 9.46. The Balaban J connectivity index is 2.37. The molecular weight excluding hydrogens is 291 g/mol. The zero-order valence-corrected chi connectivity index (χ0v) is 10.4. The van der Waals surface area contributed by atoms with Crippen molar-refractivity contribution in [3.63, 3.8) is 0 Å². The zero-order chi connectivity index (χ0) is 9.26. The lowest BCUT2D eigenvalue weighted by Gasteiger charge is -2.02. The molecule has 2 rings (SSSR count). The molecule has 0 fully saturated rings. The Kier molecular flexibility index (Phi) is 2.89. The van der Waals surface area contributed by atoms with E-state index in [-0.39, 0.29) is 0 Å². The molecular formula is C11H11IS. The van der Waals surface area contributed by atoms with Crippen LogP contribution in [0.15, 0.2) is 29.6 Å². The Morgan fingerprint density at radius 3 is 3.00 bits per heavy atom. The van der Waals surface area contributed by atoms with Gasteiger partial charge in [-0.2, -0.15) is 0 Å². The van der Waals surface area contributed by atoms with Crippen molar-refractivity contribution < 1.29 is 0 Å². The highest BCUT2D eigenvalue weighted by molar-refractivity contribution is 14.1. The third-order valence-electron chi connectivity index (χ3n) is 2.03. The van der Waals surface area contributed by atoms with Crippen molar-refractivity contribution in [1.82, 2.24) is 0 Å². The Labute approximate surface area is 96.1 Å². The van der Waals surface area contributed by atoms with Crippen LogP contribution in [0.25, 0.3) is 10.1 Å². The number of rotatable bonds is 2. The molecule has 2 aromatic rings. The molecule has 1 atom stereocenters. The highest BCUT2D eigenvalue weighted by Crippen LogP contribution is 2.22. The van der Waals surface area contributed by atoms with E-state index in [1.807, 2.05) is 11.3 Å². The van der Waals surface area contributed by atoms with Crippen LogP contribution in [0.5, 0.6) is 0 Å². The van der Waals surface area contributed by atoms with E-state index in [0.29, 0.717) is 3.92 Å². The lowest BCUT2D eigenvalue weighted by atomic mass is 10.1. The van der Waals surface area contributed by atoms with Crippen LogP contribution in [0.1, 0.15) is 12.5 Å². The lowest BCUT2D eigenvalue weighted by molar-refractivity contribution is 0.979. The number of hydrogen-bond donors (Lipinski definition) is 0. The maximum absolute atomic E-state index is 2.47. The third kappa shape index (κ3) is 2.23. The average Bonchev–Trinajstić information content (AvgIpc) is 2.49. The van der Waals surface area contributed by atoms with Gasteiger partial charge in [-0.1, -0.05) is 41.6 Å². The first-order valence-electron chi connectivity index (χ1n) is 4.36. The van der Waals surface area contributed by atoms with E-state index in [9.17, 15) is 0 Å². The van der Waals surface area contributed by atoms with Crippen molar-refractivity contribution in [2.75, 3.05) is 0 Å². The molecule has 0 aliphatic rings. The van der Waals surface area contributed by atoms with Crippen LogP contribution in [0.4, 0.5) is 0 Å². The predicted octanol–water partition coefficient (Wildman–Crippen LogP) is 4.27. The van der Waals surface area contributed by atoms with Gasteiger partial charge in [0.15, 0.2) is 0 Å². The Hall–Kier alpha value is -0.0900. The third-order valence-corrected chi connectivity index (χ3v) is 3.37. The number of halogens is 1. The second-order valence-corrected chi connectivity index (χ2v) is 6.35. The molecule has 13 heavy (non-hydrogen) atoms. The molecule has 0 nitrogen and oxygen atoms in total. The molecule has 0 aliphatic carbocycles. The van der Waals surface area contributed by atoms with Gasteiger partial charge in [-0.15, -0.1) is 11.3 Å². The SMILES string of the molecule is C[C@H](I)Cc1ccc2sccc2c1. The summed E-state index contributed by atoms with van der Waals surface area (Å²) in [5.74, 6) is 0. The van der Waals surface area contributed by atoms with Gasteiger partial charge in [0.05, 0.1) is 0 Å². The molecule has 1 aromatic heterocycles. The Morgan fingerprint density at radius 1 is 1.38 bits per heavy atom. The summed E-state index contributed by atoms with van der Waals surface area (Å²) in [6, 6.07) is 8.98. The van der Waals surface area contributed by atoms with Crippen LogP contribution in [0, 0.1) is 0 Å². The highest BCUT2D eigenvalue weighted by atomic mass is 127. The monoisotopic (exact) mass is 302 g/mol. The van der Waals surface area contributed by atoms with E-state index >= 15 is 0 Å². The van der Waals surface area contributed by atoms with Gasteiger partial charge < -0.3 is 0 Å². The Morgan fingerprint density at radius 2 is 2.23 bits per heavy atom. The first-order chi connectivity index (χ1) is 6.25. The predicted molar refractivity (Wildman–Crippen MR) is 69.0 cm³/mol. The lowest BCUT2D eigenvalue weighted by Crippen LogP contribution is -1.95. The molecule has 1 heterocycles. The molecule has 0 N–H and O–H groups in total. The van der Waals surface area contributed by atoms with Gasteiger partial charge in [0, 0.05) is 8.62 Å². The number of benzene rings is 1. The zero-order valence-electron chi connectivity index (χ0n) is 7.46. The van der Waals surface area contributed by atoms with E-state index in [4.69, 9.17) is 0 Å². The van der Waals surface area contributed by atoms with Gasteiger partial charge in [-0.3, -0.25) is 0 Å². The van der Waals surface area contributed by atoms with E-state index in [0.717, 1.165) is 0 Å². The maximum Gasteiger partial charge on any atom is 0.0342 e. The smallest absolute Gasteiger partial charge is 0.0342 e. The van der Waals surface area contributed by atoms with Crippen molar-refractivity contribution in [3.8, 4) is 0 Å². The molecule has 0 saturated carbocycles. The summed E-state index contributed by atoms with van der Waals surface area (Å²) in [6.07, 6.45) is 1.17. The van der Waals surface area contributed by atoms with Crippen molar-refractivity contribution in [2.45, 2.75) is 17.3 Å². The van der Waals surface area contributed by atoms with E-state index in [2.05, 4.69) is 59.2 Å². The van der Waals surface area contributed by atoms with Gasteiger partial charge in [0.1, 0.15) is 0 Å². The standard InChI is InChI=1S/C11H11IS/c1-8(12)6-9-2-3-11-10(7-9)4-5-13-11/h2-5,7-8H,6H2,1H3/t8-/m0/s1. The molecule has 0 bridgehead atoms. The number of thiophene rings is 1. The van der Waals surface area contributed by atoms with Crippen molar-refractivity contribution in [3.05, 3.63) is 35.2 Å². The topological polar surface area (TPSA) is 0 Å². The van der Waals surface area contributed by atoms with Crippen LogP contribution < -0.4 is 0 Å². The number of alkyl halides is 1. The fraction of sp³-hybridized carbons (Fsp3) is 0.273. The fourth-order valence-electron chi connectivity index (χ4n) is 1.47. The van der Waals surface area contributed by atoms with Gasteiger partial charge >= 0.3 is 0 Å². The van der Waals surface area contributed by atoms with Crippen LogP contribution in [0.2, 0.25) is 0 Å². The summed E-state index contributed by atoms with van der Waals surface area (Å²) in [6.45, 7) is 2.25. The first-order valence-corrected chi connectivity index (χ1v) is 6.48. The number of fused-ring (bicyclic) bond motifs is 1. The summed E-state index contributed by atoms with van der Waals surface area (Å²) >= 11 is 4.28. The second-order valence-electron chi connectivity index (χ2n) is 3.28. The maximum atomic E-state index is 2.47. The molecule has 0 spiro atoms. The molecule has 0 unspecified atom stereocenters. The molecule has 0 radical (unpaired) electrons. The van der Waals surface area contributed by atoms with Crippen molar-refractivity contribution >= 4 is 44.0 Å². The minimum atomic E-state index is 0.716. The summed E-state index contributed by atoms with van der Waals surface area (Å²) in [5, 5.41) is 3.54. The van der Waals surface area contributed by atoms with Crippen LogP contribution in [-0.2, 0) is 6.42 Å². The molecule has 0 aliphatic heterocycles. The second kappa shape index (κ2) is 3.96. The molecule has 0 saturated heterocycles. The van der Waals surface area contributed by atoms with E-state index in [1.54, 1.807) is 0 Å². The average molecular weight is 302 g/mol. The van der Waals surface area contributed by atoms with E-state index < -0.39 is 0 Å². The van der Waals surface area contributed by atoms with E-state index in [1.165, 1.54) is 22.1 Å². The van der Waals surface area contributed by atoms with Gasteiger partial charge in [0.25, 0.3) is 0 Å². The molecule has 68 valence electrons. The number of hydrogen-bond acceptors (Lipinski definition) is 1. The summed E-state index contributed by atoms with van der Waals surface area (Å²) in [5.41, 5.74) is 1.45. The van der Waals surface area contributed by atoms with Crippen LogP contribution in [0.3, 0.4) is 0 Å². The van der Waals surface area contributed by atoms with Crippen molar-refractivity contribution in [2.24, 2.45) is 0 Å². The molecule has 1 aromatic carbocycles. The van der Waals surface area contributed by atoms with Crippen molar-refractivity contribution in [1.29, 1.82) is 0 Å². The normalized spacial score (nSPS) is 13.4. The quantitative estimate of drug-likeness (QED) is 0.574. The van der Waals surface area contributed by atoms with Gasteiger partial charge in [0.2, 0.25) is 0 Å². The molecule has 0 amide bonds. The highest BCUT2D eigenvalue weighted by Gasteiger charge is 2.00. The van der Waals surface area contributed by atoms with Gasteiger partial charge in [-0.05, 0) is 34.9 Å².